The van der Waals surface area contributed by atoms with Crippen molar-refractivity contribution in [3.8, 4) is 6.07 Å². The van der Waals surface area contributed by atoms with Crippen molar-refractivity contribution >= 4 is 5.65 Å². The number of ether oxygens (including phenoxy) is 2. The van der Waals surface area contributed by atoms with Crippen LogP contribution >= 0.6 is 0 Å². The number of rotatable bonds is 2. The summed E-state index contributed by atoms with van der Waals surface area (Å²) in [6.07, 6.45) is 1.68. The van der Waals surface area contributed by atoms with Crippen molar-refractivity contribution in [1.29, 1.82) is 5.26 Å². The van der Waals surface area contributed by atoms with E-state index < -0.39 is 0 Å². The normalized spacial score (nSPS) is 25.2. The first kappa shape index (κ1) is 13.5. The molecular weight excluding hydrogens is 286 g/mol. The van der Waals surface area contributed by atoms with Crippen LogP contribution in [0.15, 0.2) is 17.1 Å². The Hall–Kier alpha value is -2.21. The van der Waals surface area contributed by atoms with Crippen LogP contribution in [0.4, 0.5) is 0 Å². The van der Waals surface area contributed by atoms with Gasteiger partial charge in [0.1, 0.15) is 11.6 Å². The average molecular weight is 301 g/mol. The smallest absolute Gasteiger partial charge is 0.272 e. The fourth-order valence-corrected chi connectivity index (χ4v) is 3.09. The van der Waals surface area contributed by atoms with Gasteiger partial charge in [-0.2, -0.15) is 5.26 Å². The number of hydrogen-bond acceptors (Lipinski definition) is 6. The summed E-state index contributed by atoms with van der Waals surface area (Å²) < 4.78 is 12.6. The molecule has 2 atom stereocenters. The molecule has 114 valence electrons. The Kier molecular flexibility index (Phi) is 3.18. The molecule has 2 aliphatic rings. The van der Waals surface area contributed by atoms with Crippen molar-refractivity contribution in [2.75, 3.05) is 26.3 Å². The Morgan fingerprint density at radius 1 is 1.36 bits per heavy atom. The molecule has 0 amide bonds. The molecule has 2 saturated heterocycles. The van der Waals surface area contributed by atoms with E-state index >= 15 is 0 Å². The quantitative estimate of drug-likeness (QED) is 0.803. The molecule has 22 heavy (non-hydrogen) atoms. The highest BCUT2D eigenvalue weighted by Gasteiger charge is 2.36. The number of nitriles is 1. The fraction of sp³-hybridized carbons (Fsp3) is 0.500. The van der Waals surface area contributed by atoms with Crippen LogP contribution in [-0.2, 0) is 16.0 Å². The van der Waals surface area contributed by atoms with Gasteiger partial charge in [0.15, 0.2) is 5.65 Å². The molecule has 0 saturated carbocycles. The summed E-state index contributed by atoms with van der Waals surface area (Å²) in [6, 6.07) is 3.53. The molecule has 8 nitrogen and oxygen atoms in total. The number of hydrogen-bond donors (Lipinski definition) is 1. The second-order valence-electron chi connectivity index (χ2n) is 5.56. The number of nitrogens with zero attached hydrogens (tertiary/aromatic N) is 4. The van der Waals surface area contributed by atoms with Crippen molar-refractivity contribution < 1.29 is 9.47 Å². The Labute approximate surface area is 125 Å². The monoisotopic (exact) mass is 301 g/mol. The van der Waals surface area contributed by atoms with Crippen molar-refractivity contribution in [2.24, 2.45) is 0 Å². The highest BCUT2D eigenvalue weighted by atomic mass is 16.6. The summed E-state index contributed by atoms with van der Waals surface area (Å²) in [5, 5.41) is 11.8. The SMILES string of the molecule is N#Cc1c[nH]n2c(=O)cc(CN3C[C@@H]4OCCO[C@@H]4C3)nc12. The Morgan fingerprint density at radius 2 is 2.09 bits per heavy atom. The summed E-state index contributed by atoms with van der Waals surface area (Å²) in [5.74, 6) is 0. The fourth-order valence-electron chi connectivity index (χ4n) is 3.09. The number of fused-ring (bicyclic) bond motifs is 2. The number of aromatic amines is 1. The van der Waals surface area contributed by atoms with E-state index in [1.807, 2.05) is 6.07 Å². The lowest BCUT2D eigenvalue weighted by atomic mass is 10.2. The van der Waals surface area contributed by atoms with Crippen LogP contribution in [0.25, 0.3) is 5.65 Å². The van der Waals surface area contributed by atoms with Crippen LogP contribution in [0.1, 0.15) is 11.3 Å². The van der Waals surface area contributed by atoms with E-state index in [9.17, 15) is 4.79 Å². The van der Waals surface area contributed by atoms with E-state index in [1.165, 1.54) is 16.8 Å². The number of likely N-dealkylation sites (tertiary alicyclic amines) is 1. The lowest BCUT2D eigenvalue weighted by molar-refractivity contribution is -0.116. The van der Waals surface area contributed by atoms with Gasteiger partial charge in [0, 0.05) is 31.9 Å². The standard InChI is InChI=1S/C14H15N5O3/c15-4-9-5-16-19-13(20)3-10(17-14(9)19)6-18-7-11-12(8-18)22-2-1-21-11/h3,5,11-12,16H,1-2,6-8H2/t11-,12+. The molecular formula is C14H15N5O3. The lowest BCUT2D eigenvalue weighted by Crippen LogP contribution is -2.36. The second kappa shape index (κ2) is 5.21. The van der Waals surface area contributed by atoms with Crippen molar-refractivity contribution in [3.63, 3.8) is 0 Å². The van der Waals surface area contributed by atoms with E-state index in [2.05, 4.69) is 15.0 Å². The molecule has 0 radical (unpaired) electrons. The third kappa shape index (κ3) is 2.20. The molecule has 2 aliphatic heterocycles. The van der Waals surface area contributed by atoms with Gasteiger partial charge >= 0.3 is 0 Å². The first-order valence-corrected chi connectivity index (χ1v) is 7.20. The maximum absolute atomic E-state index is 12.1. The van der Waals surface area contributed by atoms with Gasteiger partial charge in [0.05, 0.1) is 31.1 Å². The molecule has 0 spiro atoms. The number of H-pyrrole nitrogens is 1. The zero-order valence-electron chi connectivity index (χ0n) is 11.9. The Morgan fingerprint density at radius 3 is 2.77 bits per heavy atom. The first-order valence-electron chi connectivity index (χ1n) is 7.20. The third-order valence-electron chi connectivity index (χ3n) is 4.09. The van der Waals surface area contributed by atoms with Gasteiger partial charge in [-0.15, -0.1) is 0 Å². The van der Waals surface area contributed by atoms with Gasteiger partial charge in [-0.05, 0) is 0 Å². The highest BCUT2D eigenvalue weighted by molar-refractivity contribution is 5.53. The van der Waals surface area contributed by atoms with Crippen LogP contribution in [0.2, 0.25) is 0 Å². The summed E-state index contributed by atoms with van der Waals surface area (Å²) in [6.45, 7) is 3.35. The Balaban J connectivity index is 1.59. The van der Waals surface area contributed by atoms with Crippen molar-refractivity contribution in [2.45, 2.75) is 18.8 Å². The average Bonchev–Trinajstić information content (AvgIpc) is 3.10. The minimum Gasteiger partial charge on any atom is -0.372 e. The zero-order chi connectivity index (χ0) is 15.1. The van der Waals surface area contributed by atoms with Gasteiger partial charge in [-0.25, -0.2) is 9.50 Å². The van der Waals surface area contributed by atoms with Crippen molar-refractivity contribution in [3.05, 3.63) is 33.9 Å². The molecule has 2 fully saturated rings. The largest absolute Gasteiger partial charge is 0.372 e. The molecule has 0 aliphatic carbocycles. The van der Waals surface area contributed by atoms with E-state index in [0.717, 1.165) is 13.1 Å². The second-order valence-corrected chi connectivity index (χ2v) is 5.56. The van der Waals surface area contributed by atoms with Crippen LogP contribution in [0, 0.1) is 11.3 Å². The molecule has 8 heteroatoms. The minimum absolute atomic E-state index is 0.0977. The Bertz CT molecular complexity index is 791. The van der Waals surface area contributed by atoms with E-state index in [0.29, 0.717) is 36.7 Å². The number of nitrogens with one attached hydrogen (secondary N) is 1. The molecule has 0 unspecified atom stereocenters. The summed E-state index contributed by atoms with van der Waals surface area (Å²) >= 11 is 0. The summed E-state index contributed by atoms with van der Waals surface area (Å²) in [7, 11) is 0. The van der Waals surface area contributed by atoms with E-state index in [1.54, 1.807) is 0 Å². The van der Waals surface area contributed by atoms with Gasteiger partial charge in [-0.1, -0.05) is 0 Å². The van der Waals surface area contributed by atoms with Crippen LogP contribution in [0.5, 0.6) is 0 Å². The van der Waals surface area contributed by atoms with Crippen LogP contribution < -0.4 is 5.56 Å². The van der Waals surface area contributed by atoms with Crippen molar-refractivity contribution in [1.82, 2.24) is 19.5 Å². The van der Waals surface area contributed by atoms with E-state index in [4.69, 9.17) is 14.7 Å². The molecule has 2 aromatic heterocycles. The summed E-state index contributed by atoms with van der Waals surface area (Å²) in [4.78, 5) is 18.7. The van der Waals surface area contributed by atoms with Gasteiger partial charge in [0.25, 0.3) is 5.56 Å². The third-order valence-corrected chi connectivity index (χ3v) is 4.09. The molecule has 0 bridgehead atoms. The van der Waals surface area contributed by atoms with E-state index in [-0.39, 0.29) is 17.8 Å². The molecule has 1 N–H and O–H groups in total. The van der Waals surface area contributed by atoms with Crippen LogP contribution in [0.3, 0.4) is 0 Å². The van der Waals surface area contributed by atoms with Gasteiger partial charge in [0.2, 0.25) is 0 Å². The number of aromatic nitrogens is 3. The molecule has 2 aromatic rings. The van der Waals surface area contributed by atoms with Crippen LogP contribution in [-0.4, -0.2) is 58.0 Å². The first-order chi connectivity index (χ1) is 10.7. The lowest BCUT2D eigenvalue weighted by Gasteiger charge is -2.24. The predicted octanol–water partition coefficient (Wildman–Crippen LogP) is -0.506. The predicted molar refractivity (Wildman–Crippen MR) is 75.3 cm³/mol. The molecule has 4 heterocycles. The zero-order valence-corrected chi connectivity index (χ0v) is 11.9. The topological polar surface area (TPSA) is 95.7 Å². The molecule has 4 rings (SSSR count). The maximum atomic E-state index is 12.1. The van der Waals surface area contributed by atoms with Gasteiger partial charge in [-0.3, -0.25) is 14.8 Å². The summed E-state index contributed by atoms with van der Waals surface area (Å²) in [5.41, 5.74) is 1.17. The minimum atomic E-state index is -0.217. The molecule has 0 aromatic carbocycles. The highest BCUT2D eigenvalue weighted by Crippen LogP contribution is 2.21. The van der Waals surface area contributed by atoms with Gasteiger partial charge < -0.3 is 9.47 Å². The maximum Gasteiger partial charge on any atom is 0.272 e.